The fourth-order valence-electron chi connectivity index (χ4n) is 3.10. The first-order valence-electron chi connectivity index (χ1n) is 7.85. The highest BCUT2D eigenvalue weighted by molar-refractivity contribution is 6.42. The number of halogens is 2. The minimum absolute atomic E-state index is 0.0454. The number of nitrogens with one attached hydrogen (secondary N) is 1. The molecule has 3 rings (SSSR count). The van der Waals surface area contributed by atoms with Crippen molar-refractivity contribution in [3.05, 3.63) is 28.2 Å². The van der Waals surface area contributed by atoms with Gasteiger partial charge in [0.15, 0.2) is 0 Å². The summed E-state index contributed by atoms with van der Waals surface area (Å²) in [6, 6.07) is 4.90. The minimum Gasteiger partial charge on any atom is -0.489 e. The molecule has 0 spiro atoms. The standard InChI is InChI=1S/C16H20Cl2N2O3/c17-13-4-3-11(7-14(13)18)23-12-2-1-5-20(9-12)16(22)15-6-10(21)8-19-15/h3-4,7,10,12,15,19,21H,1-2,5-6,8-9H2/t10-,12-,15+/m1/s1. The topological polar surface area (TPSA) is 61.8 Å². The third-order valence-electron chi connectivity index (χ3n) is 4.29. The summed E-state index contributed by atoms with van der Waals surface area (Å²) in [6.07, 6.45) is 1.78. The number of rotatable bonds is 3. The number of aliphatic hydroxyl groups excluding tert-OH is 1. The molecule has 3 atom stereocenters. The van der Waals surface area contributed by atoms with Crippen LogP contribution >= 0.6 is 23.2 Å². The van der Waals surface area contributed by atoms with Gasteiger partial charge in [0.2, 0.25) is 5.91 Å². The Morgan fingerprint density at radius 1 is 1.35 bits per heavy atom. The molecular formula is C16H20Cl2N2O3. The number of β-amino-alcohol motifs (C(OH)–C–C–N with tert-alkyl or cyclic N) is 1. The average molecular weight is 359 g/mol. The zero-order valence-electron chi connectivity index (χ0n) is 12.7. The quantitative estimate of drug-likeness (QED) is 0.868. The Labute approximate surface area is 145 Å². The molecule has 2 aliphatic heterocycles. The van der Waals surface area contributed by atoms with E-state index in [0.29, 0.717) is 35.3 Å². The van der Waals surface area contributed by atoms with Gasteiger partial charge in [-0.1, -0.05) is 23.2 Å². The van der Waals surface area contributed by atoms with Crippen molar-refractivity contribution in [1.82, 2.24) is 10.2 Å². The Balaban J connectivity index is 1.59. The average Bonchev–Trinajstić information content (AvgIpc) is 2.97. The molecule has 0 saturated carbocycles. The normalized spacial score (nSPS) is 28.0. The molecule has 2 fully saturated rings. The Hall–Kier alpha value is -1.01. The summed E-state index contributed by atoms with van der Waals surface area (Å²) in [4.78, 5) is 14.3. The number of piperidine rings is 1. The first-order valence-corrected chi connectivity index (χ1v) is 8.60. The van der Waals surface area contributed by atoms with E-state index in [2.05, 4.69) is 5.32 Å². The highest BCUT2D eigenvalue weighted by Crippen LogP contribution is 2.28. The number of nitrogens with zero attached hydrogens (tertiary/aromatic N) is 1. The van der Waals surface area contributed by atoms with Gasteiger partial charge in [-0.3, -0.25) is 4.79 Å². The lowest BCUT2D eigenvalue weighted by molar-refractivity contribution is -0.135. The van der Waals surface area contributed by atoms with Gasteiger partial charge in [-0.25, -0.2) is 0 Å². The maximum atomic E-state index is 12.5. The molecule has 0 unspecified atom stereocenters. The van der Waals surface area contributed by atoms with E-state index in [1.807, 2.05) is 4.90 Å². The third-order valence-corrected chi connectivity index (χ3v) is 5.03. The zero-order chi connectivity index (χ0) is 16.4. The van der Waals surface area contributed by atoms with Crippen molar-refractivity contribution in [3.63, 3.8) is 0 Å². The molecule has 23 heavy (non-hydrogen) atoms. The van der Waals surface area contributed by atoms with Crippen LogP contribution in [0, 0.1) is 0 Å². The van der Waals surface area contributed by atoms with Crippen LogP contribution in [0.4, 0.5) is 0 Å². The molecule has 2 heterocycles. The van der Waals surface area contributed by atoms with Crippen LogP contribution in [0.3, 0.4) is 0 Å². The molecule has 2 saturated heterocycles. The van der Waals surface area contributed by atoms with Crippen LogP contribution in [0.5, 0.6) is 5.75 Å². The lowest BCUT2D eigenvalue weighted by Gasteiger charge is -2.34. The summed E-state index contributed by atoms with van der Waals surface area (Å²) >= 11 is 11.9. The van der Waals surface area contributed by atoms with E-state index in [1.54, 1.807) is 18.2 Å². The van der Waals surface area contributed by atoms with E-state index in [0.717, 1.165) is 19.4 Å². The Bertz CT molecular complexity index is 584. The van der Waals surface area contributed by atoms with Crippen LogP contribution in [0.2, 0.25) is 10.0 Å². The number of carbonyl (C=O) groups excluding carboxylic acids is 1. The van der Waals surface area contributed by atoms with E-state index in [4.69, 9.17) is 27.9 Å². The summed E-state index contributed by atoms with van der Waals surface area (Å²) in [5, 5.41) is 13.6. The van der Waals surface area contributed by atoms with Crippen molar-refractivity contribution >= 4 is 29.1 Å². The van der Waals surface area contributed by atoms with Crippen LogP contribution in [-0.2, 0) is 4.79 Å². The van der Waals surface area contributed by atoms with Crippen LogP contribution < -0.4 is 10.1 Å². The summed E-state index contributed by atoms with van der Waals surface area (Å²) in [6.45, 7) is 1.76. The van der Waals surface area contributed by atoms with Gasteiger partial charge in [0.1, 0.15) is 11.9 Å². The molecule has 1 aromatic rings. The minimum atomic E-state index is -0.433. The fourth-order valence-corrected chi connectivity index (χ4v) is 3.39. The third kappa shape index (κ3) is 4.10. The monoisotopic (exact) mass is 358 g/mol. The van der Waals surface area contributed by atoms with E-state index in [9.17, 15) is 9.90 Å². The SMILES string of the molecule is O=C([C@@H]1C[C@@H](O)CN1)N1CCC[C@@H](Oc2ccc(Cl)c(Cl)c2)C1. The summed E-state index contributed by atoms with van der Waals surface area (Å²) in [7, 11) is 0. The van der Waals surface area contributed by atoms with Gasteiger partial charge in [-0.15, -0.1) is 0 Å². The molecule has 0 aromatic heterocycles. The largest absolute Gasteiger partial charge is 0.489 e. The van der Waals surface area contributed by atoms with Crippen LogP contribution in [0.25, 0.3) is 0 Å². The molecule has 7 heteroatoms. The van der Waals surface area contributed by atoms with Gasteiger partial charge in [-0.2, -0.15) is 0 Å². The van der Waals surface area contributed by atoms with Gasteiger partial charge >= 0.3 is 0 Å². The highest BCUT2D eigenvalue weighted by Gasteiger charge is 2.34. The second-order valence-corrected chi connectivity index (χ2v) is 6.91. The molecule has 0 aliphatic carbocycles. The van der Waals surface area contributed by atoms with E-state index in [1.165, 1.54) is 0 Å². The molecule has 126 valence electrons. The first kappa shape index (κ1) is 16.8. The number of carbonyl (C=O) groups is 1. The molecule has 1 amide bonds. The van der Waals surface area contributed by atoms with Gasteiger partial charge < -0.3 is 20.1 Å². The first-order chi connectivity index (χ1) is 11.0. The summed E-state index contributed by atoms with van der Waals surface area (Å²) in [5.41, 5.74) is 0. The van der Waals surface area contributed by atoms with E-state index >= 15 is 0 Å². The van der Waals surface area contributed by atoms with Crippen LogP contribution in [-0.4, -0.2) is 53.8 Å². The molecule has 2 N–H and O–H groups in total. The van der Waals surface area contributed by atoms with Crippen molar-refractivity contribution in [1.29, 1.82) is 0 Å². The number of amides is 1. The maximum absolute atomic E-state index is 12.5. The van der Waals surface area contributed by atoms with Crippen molar-refractivity contribution in [3.8, 4) is 5.75 Å². The number of hydrogen-bond donors (Lipinski definition) is 2. The highest BCUT2D eigenvalue weighted by atomic mass is 35.5. The van der Waals surface area contributed by atoms with Gasteiger partial charge in [0.05, 0.1) is 28.7 Å². The van der Waals surface area contributed by atoms with Crippen molar-refractivity contribution in [2.24, 2.45) is 0 Å². The second kappa shape index (κ2) is 7.26. The van der Waals surface area contributed by atoms with Crippen molar-refractivity contribution in [2.45, 2.75) is 37.5 Å². The molecule has 2 aliphatic rings. The zero-order valence-corrected chi connectivity index (χ0v) is 14.2. The van der Waals surface area contributed by atoms with Crippen molar-refractivity contribution in [2.75, 3.05) is 19.6 Å². The molecule has 5 nitrogen and oxygen atoms in total. The molecular weight excluding hydrogens is 339 g/mol. The Kier molecular flexibility index (Phi) is 5.31. The molecule has 0 bridgehead atoms. The van der Waals surface area contributed by atoms with Crippen LogP contribution in [0.1, 0.15) is 19.3 Å². The van der Waals surface area contributed by atoms with Gasteiger partial charge in [-0.05, 0) is 31.4 Å². The Morgan fingerprint density at radius 3 is 2.87 bits per heavy atom. The van der Waals surface area contributed by atoms with Gasteiger partial charge in [0, 0.05) is 19.2 Å². The number of hydrogen-bond acceptors (Lipinski definition) is 4. The number of likely N-dealkylation sites (tertiary alicyclic amines) is 1. The summed E-state index contributed by atoms with van der Waals surface area (Å²) < 4.78 is 5.95. The lowest BCUT2D eigenvalue weighted by Crippen LogP contribution is -2.50. The Morgan fingerprint density at radius 2 is 2.17 bits per heavy atom. The number of ether oxygens (including phenoxy) is 1. The van der Waals surface area contributed by atoms with Gasteiger partial charge in [0.25, 0.3) is 0 Å². The predicted molar refractivity (Wildman–Crippen MR) is 89.1 cm³/mol. The molecule has 0 radical (unpaired) electrons. The maximum Gasteiger partial charge on any atom is 0.239 e. The molecule has 1 aromatic carbocycles. The van der Waals surface area contributed by atoms with E-state index < -0.39 is 6.10 Å². The number of aliphatic hydroxyl groups is 1. The second-order valence-electron chi connectivity index (χ2n) is 6.09. The van der Waals surface area contributed by atoms with E-state index in [-0.39, 0.29) is 18.1 Å². The lowest BCUT2D eigenvalue weighted by atomic mass is 10.1. The smallest absolute Gasteiger partial charge is 0.239 e. The predicted octanol–water partition coefficient (Wildman–Crippen LogP) is 2.09. The fraction of sp³-hybridized carbons (Fsp3) is 0.562. The van der Waals surface area contributed by atoms with Crippen molar-refractivity contribution < 1.29 is 14.6 Å². The van der Waals surface area contributed by atoms with Crippen LogP contribution in [0.15, 0.2) is 18.2 Å². The number of benzene rings is 1. The summed E-state index contributed by atoms with van der Waals surface area (Å²) in [5.74, 6) is 0.706.